The van der Waals surface area contributed by atoms with E-state index >= 15 is 0 Å². The molecule has 0 aliphatic rings. The van der Waals surface area contributed by atoms with Crippen LogP contribution in [0.3, 0.4) is 0 Å². The maximum absolute atomic E-state index is 4.36. The lowest BCUT2D eigenvalue weighted by atomic mass is 10.1. The summed E-state index contributed by atoms with van der Waals surface area (Å²) in [5.74, 6) is 1.43. The highest BCUT2D eigenvalue weighted by Crippen LogP contribution is 2.09. The number of hydrogen-bond donors (Lipinski definition) is 0. The van der Waals surface area contributed by atoms with Crippen LogP contribution in [0.1, 0.15) is 39.0 Å². The van der Waals surface area contributed by atoms with E-state index in [1.807, 2.05) is 13.1 Å². The number of nitrogens with zero attached hydrogens (tertiary/aromatic N) is 2. The average Bonchev–Trinajstić information content (AvgIpc) is 2.19. The van der Waals surface area contributed by atoms with E-state index in [-0.39, 0.29) is 0 Å². The minimum absolute atomic E-state index is 0.715. The van der Waals surface area contributed by atoms with Crippen molar-refractivity contribution in [3.05, 3.63) is 29.6 Å². The fraction of sp³-hybridized carbons (Fsp3) is 0.667. The van der Waals surface area contributed by atoms with Crippen LogP contribution >= 0.6 is 0 Å². The Balaban J connectivity index is 2.61. The number of aromatic nitrogens is 1. The Hall–Kier alpha value is -0.890. The Morgan fingerprint density at radius 1 is 1.06 bits per heavy atom. The first-order valence-electron chi connectivity index (χ1n) is 6.61. The first-order chi connectivity index (χ1) is 7.97. The zero-order valence-corrected chi connectivity index (χ0v) is 11.9. The predicted octanol–water partition coefficient (Wildman–Crippen LogP) is 3.50. The van der Waals surface area contributed by atoms with Gasteiger partial charge in [0.25, 0.3) is 0 Å². The molecule has 0 saturated heterocycles. The summed E-state index contributed by atoms with van der Waals surface area (Å²) in [6.07, 6.45) is 2.00. The second-order valence-electron chi connectivity index (χ2n) is 5.79. The molecule has 0 aromatic carbocycles. The summed E-state index contributed by atoms with van der Waals surface area (Å²) < 4.78 is 0. The van der Waals surface area contributed by atoms with E-state index in [2.05, 4.69) is 49.7 Å². The SMILES string of the molecule is Cc1ccc(CN(CC(C)C)CC(C)C)cn1. The Kier molecular flexibility index (Phi) is 5.63. The normalized spacial score (nSPS) is 11.8. The average molecular weight is 234 g/mol. The van der Waals surface area contributed by atoms with E-state index in [4.69, 9.17) is 0 Å². The smallest absolute Gasteiger partial charge is 0.0372 e. The lowest BCUT2D eigenvalue weighted by molar-refractivity contribution is 0.211. The topological polar surface area (TPSA) is 16.1 Å². The van der Waals surface area contributed by atoms with Crippen molar-refractivity contribution in [1.29, 1.82) is 0 Å². The molecule has 0 saturated carbocycles. The molecule has 1 aromatic rings. The van der Waals surface area contributed by atoms with Crippen molar-refractivity contribution in [2.75, 3.05) is 13.1 Å². The summed E-state index contributed by atoms with van der Waals surface area (Å²) in [7, 11) is 0. The monoisotopic (exact) mass is 234 g/mol. The van der Waals surface area contributed by atoms with Gasteiger partial charge in [-0.2, -0.15) is 0 Å². The Morgan fingerprint density at radius 2 is 1.65 bits per heavy atom. The zero-order valence-electron chi connectivity index (χ0n) is 11.9. The molecule has 0 bridgehead atoms. The van der Waals surface area contributed by atoms with Crippen molar-refractivity contribution in [3.8, 4) is 0 Å². The minimum Gasteiger partial charge on any atom is -0.299 e. The summed E-state index contributed by atoms with van der Waals surface area (Å²) >= 11 is 0. The molecule has 17 heavy (non-hydrogen) atoms. The fourth-order valence-corrected chi connectivity index (χ4v) is 2.09. The molecule has 1 rings (SSSR count). The summed E-state index contributed by atoms with van der Waals surface area (Å²) in [5.41, 5.74) is 2.41. The van der Waals surface area contributed by atoms with Gasteiger partial charge in [0.15, 0.2) is 0 Å². The lowest BCUT2D eigenvalue weighted by Gasteiger charge is -2.26. The van der Waals surface area contributed by atoms with Crippen LogP contribution in [0.25, 0.3) is 0 Å². The molecule has 0 radical (unpaired) electrons. The Labute approximate surface area is 106 Å². The molecular formula is C15H26N2. The Morgan fingerprint density at radius 3 is 2.06 bits per heavy atom. The van der Waals surface area contributed by atoms with Crippen LogP contribution in [0.5, 0.6) is 0 Å². The molecule has 1 heterocycles. The number of rotatable bonds is 6. The lowest BCUT2D eigenvalue weighted by Crippen LogP contribution is -2.30. The molecule has 1 aromatic heterocycles. The van der Waals surface area contributed by atoms with Crippen LogP contribution in [0.4, 0.5) is 0 Å². The van der Waals surface area contributed by atoms with Crippen molar-refractivity contribution >= 4 is 0 Å². The summed E-state index contributed by atoms with van der Waals surface area (Å²) in [6, 6.07) is 4.29. The van der Waals surface area contributed by atoms with Crippen LogP contribution < -0.4 is 0 Å². The first-order valence-corrected chi connectivity index (χ1v) is 6.61. The largest absolute Gasteiger partial charge is 0.299 e. The second kappa shape index (κ2) is 6.75. The van der Waals surface area contributed by atoms with Crippen LogP contribution in [0.2, 0.25) is 0 Å². The quantitative estimate of drug-likeness (QED) is 0.749. The number of aryl methyl sites for hydroxylation is 1. The van der Waals surface area contributed by atoms with Gasteiger partial charge >= 0.3 is 0 Å². The zero-order chi connectivity index (χ0) is 12.8. The van der Waals surface area contributed by atoms with E-state index in [1.54, 1.807) is 0 Å². The van der Waals surface area contributed by atoms with Gasteiger partial charge in [-0.15, -0.1) is 0 Å². The second-order valence-corrected chi connectivity index (χ2v) is 5.79. The van der Waals surface area contributed by atoms with E-state index in [1.165, 1.54) is 5.56 Å². The van der Waals surface area contributed by atoms with Gasteiger partial charge in [-0.1, -0.05) is 33.8 Å². The molecule has 96 valence electrons. The maximum atomic E-state index is 4.36. The molecule has 0 aliphatic heterocycles. The van der Waals surface area contributed by atoms with E-state index in [0.29, 0.717) is 11.8 Å². The third-order valence-corrected chi connectivity index (χ3v) is 2.63. The van der Waals surface area contributed by atoms with Gasteiger partial charge in [0.1, 0.15) is 0 Å². The highest BCUT2D eigenvalue weighted by Gasteiger charge is 2.10. The minimum atomic E-state index is 0.715. The van der Waals surface area contributed by atoms with Crippen molar-refractivity contribution in [1.82, 2.24) is 9.88 Å². The van der Waals surface area contributed by atoms with Crippen LogP contribution in [-0.4, -0.2) is 23.0 Å². The van der Waals surface area contributed by atoms with Crippen LogP contribution in [0, 0.1) is 18.8 Å². The van der Waals surface area contributed by atoms with E-state index < -0.39 is 0 Å². The van der Waals surface area contributed by atoms with Gasteiger partial charge in [-0.25, -0.2) is 0 Å². The highest BCUT2D eigenvalue weighted by atomic mass is 15.1. The van der Waals surface area contributed by atoms with Crippen molar-refractivity contribution in [2.24, 2.45) is 11.8 Å². The van der Waals surface area contributed by atoms with Crippen molar-refractivity contribution in [2.45, 2.75) is 41.2 Å². The number of pyridine rings is 1. The van der Waals surface area contributed by atoms with Crippen molar-refractivity contribution in [3.63, 3.8) is 0 Å². The van der Waals surface area contributed by atoms with E-state index in [9.17, 15) is 0 Å². The molecule has 0 fully saturated rings. The van der Waals surface area contributed by atoms with E-state index in [0.717, 1.165) is 25.3 Å². The highest BCUT2D eigenvalue weighted by molar-refractivity contribution is 5.12. The summed E-state index contributed by atoms with van der Waals surface area (Å²) in [6.45, 7) is 14.5. The standard InChI is InChI=1S/C15H26N2/c1-12(2)9-17(10-13(3)4)11-15-7-6-14(5)16-8-15/h6-8,12-13H,9-11H2,1-5H3. The third kappa shape index (κ3) is 5.83. The molecule has 2 nitrogen and oxygen atoms in total. The van der Waals surface area contributed by atoms with Gasteiger partial charge in [-0.05, 0) is 30.4 Å². The molecule has 0 unspecified atom stereocenters. The van der Waals surface area contributed by atoms with Crippen LogP contribution in [-0.2, 0) is 6.54 Å². The molecule has 2 heteroatoms. The van der Waals surface area contributed by atoms with Gasteiger partial charge in [-0.3, -0.25) is 9.88 Å². The maximum Gasteiger partial charge on any atom is 0.0372 e. The predicted molar refractivity (Wildman–Crippen MR) is 73.9 cm³/mol. The van der Waals surface area contributed by atoms with Gasteiger partial charge < -0.3 is 0 Å². The molecule has 0 aliphatic carbocycles. The fourth-order valence-electron chi connectivity index (χ4n) is 2.09. The van der Waals surface area contributed by atoms with Crippen LogP contribution in [0.15, 0.2) is 18.3 Å². The Bertz CT molecular complexity index is 304. The van der Waals surface area contributed by atoms with Gasteiger partial charge in [0.2, 0.25) is 0 Å². The third-order valence-electron chi connectivity index (χ3n) is 2.63. The van der Waals surface area contributed by atoms with Gasteiger partial charge in [0, 0.05) is 31.5 Å². The summed E-state index contributed by atoms with van der Waals surface area (Å²) in [5, 5.41) is 0. The summed E-state index contributed by atoms with van der Waals surface area (Å²) in [4.78, 5) is 6.89. The van der Waals surface area contributed by atoms with Crippen molar-refractivity contribution < 1.29 is 0 Å². The molecular weight excluding hydrogens is 208 g/mol. The number of hydrogen-bond acceptors (Lipinski definition) is 2. The molecule has 0 amide bonds. The molecule has 0 atom stereocenters. The first kappa shape index (κ1) is 14.2. The molecule has 0 spiro atoms. The van der Waals surface area contributed by atoms with Gasteiger partial charge in [0.05, 0.1) is 0 Å². The molecule has 0 N–H and O–H groups in total.